The highest BCUT2D eigenvalue weighted by Gasteiger charge is 2.29. The van der Waals surface area contributed by atoms with E-state index in [9.17, 15) is 0 Å². The van der Waals surface area contributed by atoms with E-state index in [-0.39, 0.29) is 7.92 Å². The largest absolute Gasteiger partial charge is 0.103 e. The van der Waals surface area contributed by atoms with Crippen molar-refractivity contribution in [1.82, 2.24) is 0 Å². The maximum absolute atomic E-state index is 4.03. The standard InChI is InChI=1S/C32H53PSi3/c1-8-24-34(3,4)26-17-29-36(7,30-18-27-35(5,6)25-9-2)28-16-23-33(31-19-12-10-13-20-31)32-21-14-11-15-22-32/h8-15,19-22H,1-2,16-18,23-30H2,3-7H3. The molecule has 0 fully saturated rings. The molecule has 0 nitrogen and oxygen atoms in total. The molecule has 2 rings (SSSR count). The minimum absolute atomic E-state index is 0.263. The number of hydrogen-bond acceptors (Lipinski definition) is 0. The topological polar surface area (TPSA) is 0 Å². The second kappa shape index (κ2) is 15.4. The Kier molecular flexibility index (Phi) is 13.4. The fourth-order valence-electron chi connectivity index (χ4n) is 5.64. The molecule has 0 heterocycles. The average molecular weight is 553 g/mol. The molecule has 0 bridgehead atoms. The first-order chi connectivity index (χ1) is 17.1. The predicted molar refractivity (Wildman–Crippen MR) is 178 cm³/mol. The van der Waals surface area contributed by atoms with Gasteiger partial charge < -0.3 is 0 Å². The Balaban J connectivity index is 2.07. The quantitative estimate of drug-likeness (QED) is 0.0980. The van der Waals surface area contributed by atoms with Crippen LogP contribution in [0.1, 0.15) is 19.3 Å². The van der Waals surface area contributed by atoms with E-state index in [1.54, 1.807) is 0 Å². The third-order valence-electron chi connectivity index (χ3n) is 7.96. The van der Waals surface area contributed by atoms with Crippen molar-refractivity contribution in [1.29, 1.82) is 0 Å². The predicted octanol–water partition coefficient (Wildman–Crippen LogP) is 10.2. The highest BCUT2D eigenvalue weighted by atomic mass is 31.1. The normalized spacial score (nSPS) is 12.6. The van der Waals surface area contributed by atoms with Gasteiger partial charge in [0.2, 0.25) is 0 Å². The van der Waals surface area contributed by atoms with Crippen LogP contribution in [0.25, 0.3) is 0 Å². The summed E-state index contributed by atoms with van der Waals surface area (Å²) in [6.07, 6.45) is 9.97. The molecular formula is C32H53PSi3. The zero-order valence-corrected chi connectivity index (χ0v) is 28.0. The van der Waals surface area contributed by atoms with Gasteiger partial charge in [0.05, 0.1) is 24.2 Å². The first-order valence-corrected chi connectivity index (χ1v) is 25.7. The molecule has 0 aromatic heterocycles. The Morgan fingerprint density at radius 2 is 0.972 bits per heavy atom. The molecule has 0 saturated carbocycles. The van der Waals surface area contributed by atoms with E-state index in [2.05, 4.69) is 119 Å². The zero-order valence-electron chi connectivity index (χ0n) is 24.1. The van der Waals surface area contributed by atoms with E-state index in [1.807, 2.05) is 0 Å². The van der Waals surface area contributed by atoms with Gasteiger partial charge in [0.1, 0.15) is 0 Å². The lowest BCUT2D eigenvalue weighted by Crippen LogP contribution is -2.33. The molecule has 0 radical (unpaired) electrons. The smallest absolute Gasteiger partial charge is 0.0511 e. The van der Waals surface area contributed by atoms with Gasteiger partial charge in [0.25, 0.3) is 0 Å². The van der Waals surface area contributed by atoms with Crippen molar-refractivity contribution < 1.29 is 0 Å². The zero-order chi connectivity index (χ0) is 26.5. The molecule has 0 amide bonds. The van der Waals surface area contributed by atoms with Crippen LogP contribution in [0.4, 0.5) is 0 Å². The minimum atomic E-state index is -1.26. The highest BCUT2D eigenvalue weighted by molar-refractivity contribution is 7.73. The van der Waals surface area contributed by atoms with Crippen LogP contribution in [-0.2, 0) is 0 Å². The van der Waals surface area contributed by atoms with Gasteiger partial charge in [-0.1, -0.05) is 155 Å². The summed E-state index contributed by atoms with van der Waals surface area (Å²) in [5.41, 5.74) is 0. The third kappa shape index (κ3) is 11.6. The molecule has 0 atom stereocenters. The Morgan fingerprint density at radius 1 is 0.583 bits per heavy atom. The molecule has 0 saturated heterocycles. The van der Waals surface area contributed by atoms with Gasteiger partial charge in [-0.2, -0.15) is 0 Å². The van der Waals surface area contributed by atoms with Crippen LogP contribution >= 0.6 is 7.92 Å². The molecule has 0 spiro atoms. The summed E-state index contributed by atoms with van der Waals surface area (Å²) < 4.78 is 0. The Bertz CT molecular complexity index is 825. The molecule has 36 heavy (non-hydrogen) atoms. The van der Waals surface area contributed by atoms with Gasteiger partial charge in [-0.3, -0.25) is 0 Å². The van der Waals surface area contributed by atoms with Crippen LogP contribution in [0, 0.1) is 0 Å². The summed E-state index contributed by atoms with van der Waals surface area (Å²) >= 11 is 0. The van der Waals surface area contributed by atoms with Gasteiger partial charge in [-0.05, 0) is 36.8 Å². The summed E-state index contributed by atoms with van der Waals surface area (Å²) in [6.45, 7) is 21.1. The van der Waals surface area contributed by atoms with E-state index < -0.39 is 24.2 Å². The lowest BCUT2D eigenvalue weighted by molar-refractivity contribution is 0.913. The maximum atomic E-state index is 4.03. The third-order valence-corrected chi connectivity index (χ3v) is 21.4. The molecular weight excluding hydrogens is 500 g/mol. The van der Waals surface area contributed by atoms with Gasteiger partial charge in [-0.25, -0.2) is 0 Å². The van der Waals surface area contributed by atoms with Crippen molar-refractivity contribution in [3.8, 4) is 0 Å². The monoisotopic (exact) mass is 552 g/mol. The SMILES string of the molecule is C=CC[Si](C)(C)CCC[Si](C)(CCCP(c1ccccc1)c1ccccc1)CCC[Si](C)(C)CC=C. The first-order valence-electron chi connectivity index (χ1n) is 14.2. The maximum Gasteiger partial charge on any atom is 0.0511 e. The Labute approximate surface area is 228 Å². The van der Waals surface area contributed by atoms with Gasteiger partial charge >= 0.3 is 0 Å². The lowest BCUT2D eigenvalue weighted by Gasteiger charge is -2.32. The van der Waals surface area contributed by atoms with Crippen LogP contribution in [0.3, 0.4) is 0 Å². The Hall–Kier alpha value is -0.999. The molecule has 0 aliphatic carbocycles. The molecule has 2 aromatic carbocycles. The van der Waals surface area contributed by atoms with Crippen LogP contribution in [0.2, 0.25) is 75.0 Å². The number of rotatable bonds is 18. The van der Waals surface area contributed by atoms with Crippen molar-refractivity contribution >= 4 is 42.8 Å². The lowest BCUT2D eigenvalue weighted by atomic mass is 10.4. The van der Waals surface area contributed by atoms with E-state index in [1.165, 1.54) is 78.3 Å². The first kappa shape index (κ1) is 31.2. The van der Waals surface area contributed by atoms with E-state index in [4.69, 9.17) is 0 Å². The molecule has 2 aromatic rings. The highest BCUT2D eigenvalue weighted by Crippen LogP contribution is 2.38. The fourth-order valence-corrected chi connectivity index (χ4v) is 17.1. The molecule has 0 aliphatic heterocycles. The number of benzene rings is 2. The van der Waals surface area contributed by atoms with Gasteiger partial charge in [0.15, 0.2) is 0 Å². The van der Waals surface area contributed by atoms with Gasteiger partial charge in [0, 0.05) is 0 Å². The van der Waals surface area contributed by atoms with Crippen LogP contribution in [0.5, 0.6) is 0 Å². The van der Waals surface area contributed by atoms with Crippen LogP contribution in [0.15, 0.2) is 86.0 Å². The van der Waals surface area contributed by atoms with Crippen molar-refractivity contribution in [2.24, 2.45) is 0 Å². The molecule has 4 heteroatoms. The summed E-state index contributed by atoms with van der Waals surface area (Å²) in [5, 5.41) is 3.08. The van der Waals surface area contributed by atoms with Crippen molar-refractivity contribution in [2.45, 2.75) is 94.3 Å². The molecule has 0 aliphatic rings. The van der Waals surface area contributed by atoms with Crippen molar-refractivity contribution in [2.75, 3.05) is 6.16 Å². The van der Waals surface area contributed by atoms with Crippen LogP contribution < -0.4 is 10.6 Å². The van der Waals surface area contributed by atoms with E-state index in [0.29, 0.717) is 0 Å². The number of allylic oxidation sites excluding steroid dienone is 2. The minimum Gasteiger partial charge on any atom is -0.103 e. The summed E-state index contributed by atoms with van der Waals surface area (Å²) in [5.74, 6) is 0. The Morgan fingerprint density at radius 3 is 1.36 bits per heavy atom. The fraction of sp³-hybridized carbons (Fsp3) is 0.500. The van der Waals surface area contributed by atoms with Crippen molar-refractivity contribution in [3.05, 3.63) is 86.0 Å². The van der Waals surface area contributed by atoms with Gasteiger partial charge in [-0.15, -0.1) is 13.2 Å². The van der Waals surface area contributed by atoms with E-state index >= 15 is 0 Å². The second-order valence-electron chi connectivity index (χ2n) is 12.8. The second-order valence-corrected chi connectivity index (χ2v) is 30.7. The summed E-state index contributed by atoms with van der Waals surface area (Å²) in [6, 6.07) is 32.6. The summed E-state index contributed by atoms with van der Waals surface area (Å²) in [4.78, 5) is 0. The van der Waals surface area contributed by atoms with Crippen molar-refractivity contribution in [3.63, 3.8) is 0 Å². The van der Waals surface area contributed by atoms with Crippen LogP contribution in [-0.4, -0.2) is 30.4 Å². The summed E-state index contributed by atoms with van der Waals surface area (Å²) in [7, 11) is -3.74. The molecule has 0 N–H and O–H groups in total. The number of hydrogen-bond donors (Lipinski definition) is 0. The molecule has 0 unspecified atom stereocenters. The molecule has 198 valence electrons. The average Bonchev–Trinajstić information content (AvgIpc) is 2.82. The van der Waals surface area contributed by atoms with E-state index in [0.717, 1.165) is 0 Å².